The fourth-order valence-electron chi connectivity index (χ4n) is 1.87. The summed E-state index contributed by atoms with van der Waals surface area (Å²) in [6.45, 7) is 6.20. The molecule has 0 aromatic carbocycles. The first-order valence-electron chi connectivity index (χ1n) is 6.62. The Morgan fingerprint density at radius 3 is 2.79 bits per heavy atom. The number of hydrogen-bond acceptors (Lipinski definition) is 4. The van der Waals surface area contributed by atoms with Crippen LogP contribution in [0.2, 0.25) is 0 Å². The molecule has 1 atom stereocenters. The maximum absolute atomic E-state index is 5.74. The normalized spacial score (nSPS) is 12.4. The van der Waals surface area contributed by atoms with Crippen LogP contribution >= 0.6 is 11.3 Å². The highest BCUT2D eigenvalue weighted by atomic mass is 32.1. The lowest BCUT2D eigenvalue weighted by Crippen LogP contribution is -2.13. The van der Waals surface area contributed by atoms with E-state index in [9.17, 15) is 0 Å². The molecule has 0 aliphatic rings. The van der Waals surface area contributed by atoms with E-state index in [4.69, 9.17) is 4.74 Å². The third kappa shape index (κ3) is 3.70. The van der Waals surface area contributed by atoms with E-state index in [1.165, 1.54) is 4.88 Å². The third-order valence-corrected chi connectivity index (χ3v) is 3.73. The summed E-state index contributed by atoms with van der Waals surface area (Å²) in [6.07, 6.45) is 2.91. The van der Waals surface area contributed by atoms with Crippen molar-refractivity contribution in [1.29, 1.82) is 0 Å². The van der Waals surface area contributed by atoms with Crippen LogP contribution in [0.3, 0.4) is 0 Å². The van der Waals surface area contributed by atoms with Gasteiger partial charge in [0.2, 0.25) is 5.88 Å². The largest absolute Gasteiger partial charge is 0.473 e. The van der Waals surface area contributed by atoms with Crippen LogP contribution in [0.5, 0.6) is 5.88 Å². The molecule has 0 fully saturated rings. The minimum Gasteiger partial charge on any atom is -0.473 e. The second-order valence-electron chi connectivity index (χ2n) is 4.64. The lowest BCUT2D eigenvalue weighted by molar-refractivity contribution is 0.234. The summed E-state index contributed by atoms with van der Waals surface area (Å²) < 4.78 is 5.74. The SMILES string of the molecule is CCC(Nc1cccnc1OC(C)C)c1cccs1. The molecule has 3 nitrogen and oxygen atoms in total. The van der Waals surface area contributed by atoms with Crippen molar-refractivity contribution in [2.75, 3.05) is 5.32 Å². The number of nitrogens with zero attached hydrogens (tertiary/aromatic N) is 1. The molecule has 1 N–H and O–H groups in total. The van der Waals surface area contributed by atoms with Crippen LogP contribution in [0.4, 0.5) is 5.69 Å². The van der Waals surface area contributed by atoms with Crippen LogP contribution < -0.4 is 10.1 Å². The average molecular weight is 276 g/mol. The molecular weight excluding hydrogens is 256 g/mol. The van der Waals surface area contributed by atoms with Gasteiger partial charge in [-0.1, -0.05) is 13.0 Å². The Hall–Kier alpha value is -1.55. The summed E-state index contributed by atoms with van der Waals surface area (Å²) in [7, 11) is 0. The Kier molecular flexibility index (Phi) is 4.80. The van der Waals surface area contributed by atoms with Gasteiger partial charge in [-0.2, -0.15) is 0 Å². The lowest BCUT2D eigenvalue weighted by atomic mass is 10.2. The van der Waals surface area contributed by atoms with Gasteiger partial charge in [0.05, 0.1) is 17.8 Å². The van der Waals surface area contributed by atoms with Crippen LogP contribution in [0, 0.1) is 0 Å². The maximum atomic E-state index is 5.74. The number of pyridine rings is 1. The van der Waals surface area contributed by atoms with Crippen molar-refractivity contribution in [2.45, 2.75) is 39.3 Å². The molecule has 2 aromatic heterocycles. The zero-order valence-electron chi connectivity index (χ0n) is 11.6. The topological polar surface area (TPSA) is 34.2 Å². The predicted octanol–water partition coefficient (Wildman–Crippen LogP) is 4.49. The molecule has 0 aliphatic heterocycles. The molecule has 2 heterocycles. The zero-order valence-corrected chi connectivity index (χ0v) is 12.4. The molecule has 19 heavy (non-hydrogen) atoms. The smallest absolute Gasteiger partial charge is 0.237 e. The van der Waals surface area contributed by atoms with Crippen molar-refractivity contribution in [3.8, 4) is 5.88 Å². The summed E-state index contributed by atoms with van der Waals surface area (Å²) >= 11 is 1.77. The molecule has 0 saturated heterocycles. The molecule has 0 aliphatic carbocycles. The van der Waals surface area contributed by atoms with Gasteiger partial charge in [-0.05, 0) is 43.8 Å². The Labute approximate surface area is 118 Å². The van der Waals surface area contributed by atoms with Gasteiger partial charge < -0.3 is 10.1 Å². The van der Waals surface area contributed by atoms with Gasteiger partial charge in [0, 0.05) is 11.1 Å². The number of ether oxygens (including phenoxy) is 1. The number of hydrogen-bond donors (Lipinski definition) is 1. The van der Waals surface area contributed by atoms with Crippen molar-refractivity contribution in [1.82, 2.24) is 4.98 Å². The van der Waals surface area contributed by atoms with E-state index >= 15 is 0 Å². The predicted molar refractivity (Wildman–Crippen MR) is 81.0 cm³/mol. The molecule has 2 rings (SSSR count). The first-order chi connectivity index (χ1) is 9.20. The third-order valence-electron chi connectivity index (χ3n) is 2.74. The molecule has 4 heteroatoms. The molecule has 0 radical (unpaired) electrons. The Bertz CT molecular complexity index is 497. The van der Waals surface area contributed by atoms with Gasteiger partial charge in [-0.3, -0.25) is 0 Å². The fourth-order valence-corrected chi connectivity index (χ4v) is 2.73. The van der Waals surface area contributed by atoms with Crippen molar-refractivity contribution in [2.24, 2.45) is 0 Å². The summed E-state index contributed by atoms with van der Waals surface area (Å²) in [5, 5.41) is 5.63. The van der Waals surface area contributed by atoms with Crippen molar-refractivity contribution < 1.29 is 4.74 Å². The van der Waals surface area contributed by atoms with Crippen LogP contribution in [-0.2, 0) is 0 Å². The highest BCUT2D eigenvalue weighted by Gasteiger charge is 2.13. The molecular formula is C15H20N2OS. The quantitative estimate of drug-likeness (QED) is 0.844. The van der Waals surface area contributed by atoms with Gasteiger partial charge in [0.15, 0.2) is 0 Å². The van der Waals surface area contributed by atoms with Crippen LogP contribution in [0.25, 0.3) is 0 Å². The standard InChI is InChI=1S/C15H20N2OS/c1-4-12(14-8-6-10-19-14)17-13-7-5-9-16-15(13)18-11(2)3/h5-12,17H,4H2,1-3H3. The second kappa shape index (κ2) is 6.57. The molecule has 1 unspecified atom stereocenters. The van der Waals surface area contributed by atoms with E-state index in [1.807, 2.05) is 26.0 Å². The molecule has 0 saturated carbocycles. The molecule has 0 spiro atoms. The molecule has 2 aromatic rings. The van der Waals surface area contributed by atoms with Crippen molar-refractivity contribution in [3.05, 3.63) is 40.7 Å². The van der Waals surface area contributed by atoms with E-state index in [2.05, 4.69) is 34.7 Å². The summed E-state index contributed by atoms with van der Waals surface area (Å²) in [5.41, 5.74) is 0.955. The first-order valence-corrected chi connectivity index (χ1v) is 7.50. The van der Waals surface area contributed by atoms with E-state index in [0.29, 0.717) is 11.9 Å². The zero-order chi connectivity index (χ0) is 13.7. The Morgan fingerprint density at radius 1 is 1.32 bits per heavy atom. The maximum Gasteiger partial charge on any atom is 0.237 e. The fraction of sp³-hybridized carbons (Fsp3) is 0.400. The number of anilines is 1. The summed E-state index contributed by atoms with van der Waals surface area (Å²) in [4.78, 5) is 5.64. The minimum absolute atomic E-state index is 0.122. The van der Waals surface area contributed by atoms with Gasteiger partial charge in [-0.25, -0.2) is 4.98 Å². The molecule has 0 bridgehead atoms. The number of nitrogens with one attached hydrogen (secondary N) is 1. The lowest BCUT2D eigenvalue weighted by Gasteiger charge is -2.19. The Balaban J connectivity index is 2.17. The second-order valence-corrected chi connectivity index (χ2v) is 5.62. The van der Waals surface area contributed by atoms with Gasteiger partial charge in [0.1, 0.15) is 0 Å². The van der Waals surface area contributed by atoms with Gasteiger partial charge in [0.25, 0.3) is 0 Å². The number of aromatic nitrogens is 1. The number of rotatable bonds is 6. The van der Waals surface area contributed by atoms with E-state index in [-0.39, 0.29) is 6.10 Å². The average Bonchev–Trinajstić information content (AvgIpc) is 2.91. The summed E-state index contributed by atoms with van der Waals surface area (Å²) in [5.74, 6) is 0.674. The van der Waals surface area contributed by atoms with Gasteiger partial charge >= 0.3 is 0 Å². The van der Waals surface area contributed by atoms with E-state index in [1.54, 1.807) is 17.5 Å². The van der Waals surface area contributed by atoms with Crippen LogP contribution in [0.1, 0.15) is 38.1 Å². The molecule has 102 valence electrons. The summed E-state index contributed by atoms with van der Waals surface area (Å²) in [6, 6.07) is 8.49. The highest BCUT2D eigenvalue weighted by molar-refractivity contribution is 7.10. The number of thiophene rings is 1. The molecule has 0 amide bonds. The Morgan fingerprint density at radius 2 is 2.16 bits per heavy atom. The first kappa shape index (κ1) is 13.9. The van der Waals surface area contributed by atoms with Crippen LogP contribution in [0.15, 0.2) is 35.8 Å². The minimum atomic E-state index is 0.122. The van der Waals surface area contributed by atoms with Crippen molar-refractivity contribution >= 4 is 17.0 Å². The van der Waals surface area contributed by atoms with Gasteiger partial charge in [-0.15, -0.1) is 11.3 Å². The monoisotopic (exact) mass is 276 g/mol. The van der Waals surface area contributed by atoms with Crippen molar-refractivity contribution in [3.63, 3.8) is 0 Å². The van der Waals surface area contributed by atoms with E-state index < -0.39 is 0 Å². The van der Waals surface area contributed by atoms with E-state index in [0.717, 1.165) is 12.1 Å². The highest BCUT2D eigenvalue weighted by Crippen LogP contribution is 2.30. The van der Waals surface area contributed by atoms with Crippen LogP contribution in [-0.4, -0.2) is 11.1 Å².